The molecule has 0 N–H and O–H groups in total. The zero-order valence-corrected chi connectivity index (χ0v) is 14.6. The molecule has 0 atom stereocenters. The number of amides is 2. The second-order valence-corrected chi connectivity index (χ2v) is 4.97. The van der Waals surface area contributed by atoms with Gasteiger partial charge in [-0.25, -0.2) is 9.59 Å². The van der Waals surface area contributed by atoms with Crippen molar-refractivity contribution >= 4 is 12.2 Å². The number of hydrogen-bond acceptors (Lipinski definition) is 4. The summed E-state index contributed by atoms with van der Waals surface area (Å²) in [4.78, 5) is 26.7. The molecule has 6 nitrogen and oxygen atoms in total. The van der Waals surface area contributed by atoms with Crippen LogP contribution in [0.1, 0.15) is 53.4 Å². The SMILES string of the molecule is CCOC(=O)N(CC)CCCCCCN(CC)C(=O)OCC. The summed E-state index contributed by atoms with van der Waals surface area (Å²) in [5.41, 5.74) is 0. The molecule has 6 heteroatoms. The topological polar surface area (TPSA) is 59.1 Å². The maximum atomic E-state index is 11.6. The van der Waals surface area contributed by atoms with Gasteiger partial charge in [0.05, 0.1) is 13.2 Å². The Bertz CT molecular complexity index is 281. The molecule has 0 fully saturated rings. The summed E-state index contributed by atoms with van der Waals surface area (Å²) < 4.78 is 9.99. The van der Waals surface area contributed by atoms with Crippen LogP contribution in [0.25, 0.3) is 0 Å². The van der Waals surface area contributed by atoms with Crippen LogP contribution in [-0.2, 0) is 9.47 Å². The largest absolute Gasteiger partial charge is 0.450 e. The van der Waals surface area contributed by atoms with Gasteiger partial charge in [-0.15, -0.1) is 0 Å². The van der Waals surface area contributed by atoms with Gasteiger partial charge in [0.25, 0.3) is 0 Å². The smallest absolute Gasteiger partial charge is 0.409 e. The molecule has 0 aromatic heterocycles. The monoisotopic (exact) mass is 316 g/mol. The van der Waals surface area contributed by atoms with E-state index in [1.165, 1.54) is 0 Å². The van der Waals surface area contributed by atoms with E-state index in [1.807, 2.05) is 27.7 Å². The van der Waals surface area contributed by atoms with Crippen molar-refractivity contribution in [3.05, 3.63) is 0 Å². The Morgan fingerprint density at radius 1 is 0.682 bits per heavy atom. The molecule has 0 radical (unpaired) electrons. The highest BCUT2D eigenvalue weighted by molar-refractivity contribution is 5.67. The summed E-state index contributed by atoms with van der Waals surface area (Å²) in [7, 11) is 0. The number of hydrogen-bond donors (Lipinski definition) is 0. The Balaban J connectivity index is 3.79. The number of rotatable bonds is 11. The summed E-state index contributed by atoms with van der Waals surface area (Å²) in [5, 5.41) is 0. The fraction of sp³-hybridized carbons (Fsp3) is 0.875. The van der Waals surface area contributed by atoms with Gasteiger partial charge in [-0.05, 0) is 40.5 Å². The predicted molar refractivity (Wildman–Crippen MR) is 87.0 cm³/mol. The van der Waals surface area contributed by atoms with Gasteiger partial charge in [0, 0.05) is 26.2 Å². The van der Waals surface area contributed by atoms with Gasteiger partial charge in [-0.2, -0.15) is 0 Å². The lowest BCUT2D eigenvalue weighted by Gasteiger charge is -2.21. The average Bonchev–Trinajstić information content (AvgIpc) is 2.50. The van der Waals surface area contributed by atoms with Crippen molar-refractivity contribution in [2.45, 2.75) is 53.4 Å². The molecule has 0 aromatic carbocycles. The number of ether oxygens (including phenoxy) is 2. The Morgan fingerprint density at radius 3 is 1.32 bits per heavy atom. The van der Waals surface area contributed by atoms with Crippen LogP contribution in [0.5, 0.6) is 0 Å². The van der Waals surface area contributed by atoms with Crippen molar-refractivity contribution < 1.29 is 19.1 Å². The molecule has 0 aliphatic rings. The predicted octanol–water partition coefficient (Wildman–Crippen LogP) is 3.50. The summed E-state index contributed by atoms with van der Waals surface area (Å²) >= 11 is 0. The van der Waals surface area contributed by atoms with Crippen LogP contribution in [0.2, 0.25) is 0 Å². The minimum Gasteiger partial charge on any atom is -0.450 e. The van der Waals surface area contributed by atoms with E-state index >= 15 is 0 Å². The molecule has 0 aliphatic heterocycles. The second kappa shape index (κ2) is 13.2. The first-order valence-electron chi connectivity index (χ1n) is 8.43. The number of nitrogens with zero attached hydrogens (tertiary/aromatic N) is 2. The van der Waals surface area contributed by atoms with E-state index in [1.54, 1.807) is 9.80 Å². The number of carbonyl (C=O) groups is 2. The van der Waals surface area contributed by atoms with E-state index in [0.29, 0.717) is 26.3 Å². The second-order valence-electron chi connectivity index (χ2n) is 4.97. The molecule has 0 aliphatic carbocycles. The third-order valence-electron chi connectivity index (χ3n) is 3.42. The normalized spacial score (nSPS) is 10.2. The van der Waals surface area contributed by atoms with Crippen LogP contribution in [0.4, 0.5) is 9.59 Å². The molecule has 0 spiro atoms. The van der Waals surface area contributed by atoms with Gasteiger partial charge < -0.3 is 19.3 Å². The lowest BCUT2D eigenvalue weighted by molar-refractivity contribution is 0.106. The Hall–Kier alpha value is -1.46. The maximum absolute atomic E-state index is 11.6. The third-order valence-corrected chi connectivity index (χ3v) is 3.42. The highest BCUT2D eigenvalue weighted by Gasteiger charge is 2.12. The first-order chi connectivity index (χ1) is 10.6. The molecule has 0 aromatic rings. The van der Waals surface area contributed by atoms with Crippen molar-refractivity contribution in [1.29, 1.82) is 0 Å². The van der Waals surface area contributed by atoms with Crippen molar-refractivity contribution in [1.82, 2.24) is 9.80 Å². The molecule has 22 heavy (non-hydrogen) atoms. The first-order valence-corrected chi connectivity index (χ1v) is 8.43. The molecular formula is C16H32N2O4. The lowest BCUT2D eigenvalue weighted by atomic mass is 10.2. The van der Waals surface area contributed by atoms with Crippen LogP contribution < -0.4 is 0 Å². The van der Waals surface area contributed by atoms with Crippen LogP contribution >= 0.6 is 0 Å². The van der Waals surface area contributed by atoms with Crippen molar-refractivity contribution in [2.24, 2.45) is 0 Å². The fourth-order valence-corrected chi connectivity index (χ4v) is 2.15. The molecule has 0 saturated heterocycles. The number of carbonyl (C=O) groups excluding carboxylic acids is 2. The molecular weight excluding hydrogens is 284 g/mol. The van der Waals surface area contributed by atoms with E-state index < -0.39 is 0 Å². The summed E-state index contributed by atoms with van der Waals surface area (Å²) in [6.45, 7) is 11.2. The van der Waals surface area contributed by atoms with Crippen LogP contribution in [0, 0.1) is 0 Å². The zero-order valence-electron chi connectivity index (χ0n) is 14.6. The molecule has 0 heterocycles. The standard InChI is InChI=1S/C16H32N2O4/c1-5-17(15(19)21-7-3)13-11-9-10-12-14-18(6-2)16(20)22-8-4/h5-14H2,1-4H3. The van der Waals surface area contributed by atoms with Crippen LogP contribution in [0.15, 0.2) is 0 Å². The summed E-state index contributed by atoms with van der Waals surface area (Å²) in [6, 6.07) is 0. The van der Waals surface area contributed by atoms with Gasteiger partial charge in [-0.1, -0.05) is 12.8 Å². The molecule has 0 saturated carbocycles. The Morgan fingerprint density at radius 2 is 1.05 bits per heavy atom. The molecule has 0 bridgehead atoms. The van der Waals surface area contributed by atoms with Crippen LogP contribution in [-0.4, -0.2) is 61.4 Å². The Labute approximate surface area is 134 Å². The van der Waals surface area contributed by atoms with E-state index in [-0.39, 0.29) is 12.2 Å². The van der Waals surface area contributed by atoms with E-state index in [9.17, 15) is 9.59 Å². The van der Waals surface area contributed by atoms with E-state index in [4.69, 9.17) is 9.47 Å². The highest BCUT2D eigenvalue weighted by Crippen LogP contribution is 2.05. The molecule has 0 unspecified atom stereocenters. The zero-order chi connectivity index (χ0) is 16.8. The van der Waals surface area contributed by atoms with Gasteiger partial charge >= 0.3 is 12.2 Å². The molecule has 2 amide bonds. The van der Waals surface area contributed by atoms with E-state index in [2.05, 4.69) is 0 Å². The highest BCUT2D eigenvalue weighted by atomic mass is 16.6. The number of unbranched alkanes of at least 4 members (excludes halogenated alkanes) is 3. The van der Waals surface area contributed by atoms with Gasteiger partial charge in [0.15, 0.2) is 0 Å². The lowest BCUT2D eigenvalue weighted by Crippen LogP contribution is -2.32. The first kappa shape index (κ1) is 20.5. The fourth-order valence-electron chi connectivity index (χ4n) is 2.15. The molecule has 130 valence electrons. The summed E-state index contributed by atoms with van der Waals surface area (Å²) in [6.07, 6.45) is 3.53. The minimum absolute atomic E-state index is 0.232. The van der Waals surface area contributed by atoms with Gasteiger partial charge in [0.2, 0.25) is 0 Å². The van der Waals surface area contributed by atoms with Crippen molar-refractivity contribution in [3.8, 4) is 0 Å². The van der Waals surface area contributed by atoms with Crippen molar-refractivity contribution in [2.75, 3.05) is 39.4 Å². The third kappa shape index (κ3) is 8.74. The Kier molecular flexibility index (Phi) is 12.3. The average molecular weight is 316 g/mol. The van der Waals surface area contributed by atoms with Crippen molar-refractivity contribution in [3.63, 3.8) is 0 Å². The van der Waals surface area contributed by atoms with Gasteiger partial charge in [0.1, 0.15) is 0 Å². The van der Waals surface area contributed by atoms with Gasteiger partial charge in [-0.3, -0.25) is 0 Å². The van der Waals surface area contributed by atoms with Crippen LogP contribution in [0.3, 0.4) is 0 Å². The minimum atomic E-state index is -0.232. The quantitative estimate of drug-likeness (QED) is 0.547. The maximum Gasteiger partial charge on any atom is 0.409 e. The summed E-state index contributed by atoms with van der Waals surface area (Å²) in [5.74, 6) is 0. The molecule has 0 rings (SSSR count). The van der Waals surface area contributed by atoms with E-state index in [0.717, 1.165) is 38.8 Å².